The Kier molecular flexibility index (Phi) is 6.24. The molecule has 9 heteroatoms. The van der Waals surface area contributed by atoms with Crippen molar-refractivity contribution in [3.8, 4) is 0 Å². The van der Waals surface area contributed by atoms with Crippen molar-refractivity contribution in [2.75, 3.05) is 39.8 Å². The highest BCUT2D eigenvalue weighted by atomic mass is 32.2. The average molecular weight is 317 g/mol. The summed E-state index contributed by atoms with van der Waals surface area (Å²) in [5, 5.41) is 3.20. The van der Waals surface area contributed by atoms with E-state index in [1.165, 1.54) is 0 Å². The first-order valence-electron chi connectivity index (χ1n) is 6.65. The predicted molar refractivity (Wildman–Crippen MR) is 70.4 cm³/mol. The van der Waals surface area contributed by atoms with E-state index in [1.807, 2.05) is 6.92 Å². The number of hydrogen-bond donors (Lipinski definition) is 1. The Morgan fingerprint density at radius 2 is 1.85 bits per heavy atom. The summed E-state index contributed by atoms with van der Waals surface area (Å²) in [6.07, 6.45) is -3.18. The highest BCUT2D eigenvalue weighted by Gasteiger charge is 2.37. The molecule has 120 valence electrons. The van der Waals surface area contributed by atoms with Crippen LogP contribution in [0.2, 0.25) is 0 Å². The first-order chi connectivity index (χ1) is 9.16. The Morgan fingerprint density at radius 3 is 2.30 bits per heavy atom. The first-order valence-corrected chi connectivity index (χ1v) is 8.05. The van der Waals surface area contributed by atoms with E-state index in [0.29, 0.717) is 23.1 Å². The topological polar surface area (TPSA) is 52.7 Å². The maximum atomic E-state index is 12.3. The van der Waals surface area contributed by atoms with Crippen molar-refractivity contribution in [1.82, 2.24) is 13.9 Å². The van der Waals surface area contributed by atoms with Gasteiger partial charge in [-0.2, -0.15) is 30.2 Å². The van der Waals surface area contributed by atoms with Crippen molar-refractivity contribution in [2.45, 2.75) is 25.9 Å². The minimum atomic E-state index is -4.52. The Hall–Kier alpha value is -0.380. The molecular weight excluding hydrogens is 295 g/mol. The number of nitrogens with zero attached hydrogens (tertiary/aromatic N) is 2. The largest absolute Gasteiger partial charge is 0.402 e. The number of hydrogen-bond acceptors (Lipinski definition) is 3. The lowest BCUT2D eigenvalue weighted by Crippen LogP contribution is -2.48. The van der Waals surface area contributed by atoms with Crippen LogP contribution in [0.1, 0.15) is 19.8 Å². The molecule has 1 saturated heterocycles. The van der Waals surface area contributed by atoms with E-state index in [-0.39, 0.29) is 13.1 Å². The Balaban J connectivity index is 2.54. The zero-order valence-electron chi connectivity index (χ0n) is 11.8. The second kappa shape index (κ2) is 7.06. The normalized spacial score (nSPS) is 19.7. The Labute approximate surface area is 118 Å². The smallest absolute Gasteiger partial charge is 0.317 e. The quantitative estimate of drug-likeness (QED) is 0.797. The molecule has 0 saturated carbocycles. The fourth-order valence-corrected chi connectivity index (χ4v) is 3.60. The van der Waals surface area contributed by atoms with Crippen LogP contribution in [0.5, 0.6) is 0 Å². The summed E-state index contributed by atoms with van der Waals surface area (Å²) >= 11 is 0. The van der Waals surface area contributed by atoms with Crippen LogP contribution in [-0.4, -0.2) is 63.0 Å². The molecule has 0 spiro atoms. The van der Waals surface area contributed by atoms with E-state index in [4.69, 9.17) is 0 Å². The third kappa shape index (κ3) is 5.19. The minimum absolute atomic E-state index is 0.278. The van der Waals surface area contributed by atoms with Crippen LogP contribution in [0.15, 0.2) is 0 Å². The van der Waals surface area contributed by atoms with Gasteiger partial charge in [0.1, 0.15) is 6.54 Å². The molecule has 1 aliphatic rings. The predicted octanol–water partition coefficient (Wildman–Crippen LogP) is 1.05. The van der Waals surface area contributed by atoms with Gasteiger partial charge in [0.2, 0.25) is 0 Å². The molecule has 0 aromatic heterocycles. The lowest BCUT2D eigenvalue weighted by molar-refractivity contribution is -0.134. The maximum Gasteiger partial charge on any atom is 0.402 e. The van der Waals surface area contributed by atoms with Crippen LogP contribution in [0.3, 0.4) is 0 Å². The molecule has 1 fully saturated rings. The molecule has 0 unspecified atom stereocenters. The molecule has 0 atom stereocenters. The third-order valence-corrected chi connectivity index (χ3v) is 5.31. The zero-order chi connectivity index (χ0) is 15.4. The van der Waals surface area contributed by atoms with Crippen molar-refractivity contribution in [1.29, 1.82) is 0 Å². The number of nitrogens with one attached hydrogen (secondary N) is 1. The average Bonchev–Trinajstić information content (AvgIpc) is 2.34. The molecule has 0 aromatic carbocycles. The maximum absolute atomic E-state index is 12.3. The number of halogens is 3. The highest BCUT2D eigenvalue weighted by molar-refractivity contribution is 7.86. The molecular formula is C11H22F3N3O2S. The molecule has 5 nitrogen and oxygen atoms in total. The van der Waals surface area contributed by atoms with E-state index in [2.05, 4.69) is 5.32 Å². The standard InChI is InChI=1S/C11H22F3N3O2S/c1-3-15-8-10-4-6-17(7-5-10)20(18,19)16(2)9-11(12,13)14/h10,15H,3-9H2,1-2H3. The van der Waals surface area contributed by atoms with Gasteiger partial charge < -0.3 is 5.32 Å². The zero-order valence-corrected chi connectivity index (χ0v) is 12.6. The summed E-state index contributed by atoms with van der Waals surface area (Å²) in [6.45, 7) is 2.77. The van der Waals surface area contributed by atoms with Gasteiger partial charge in [0.25, 0.3) is 10.2 Å². The van der Waals surface area contributed by atoms with Crippen LogP contribution < -0.4 is 5.32 Å². The molecule has 0 radical (unpaired) electrons. The van der Waals surface area contributed by atoms with Crippen molar-refractivity contribution < 1.29 is 21.6 Å². The molecule has 0 aromatic rings. The summed E-state index contributed by atoms with van der Waals surface area (Å²) in [5.74, 6) is 0.384. The van der Waals surface area contributed by atoms with Crippen LogP contribution >= 0.6 is 0 Å². The number of alkyl halides is 3. The molecule has 1 rings (SSSR count). The summed E-state index contributed by atoms with van der Waals surface area (Å²) in [7, 11) is -3.05. The second-order valence-electron chi connectivity index (χ2n) is 5.03. The molecule has 1 heterocycles. The third-order valence-electron chi connectivity index (χ3n) is 3.38. The van der Waals surface area contributed by atoms with Crippen molar-refractivity contribution in [2.24, 2.45) is 5.92 Å². The highest BCUT2D eigenvalue weighted by Crippen LogP contribution is 2.23. The molecule has 20 heavy (non-hydrogen) atoms. The fraction of sp³-hybridized carbons (Fsp3) is 1.00. The van der Waals surface area contributed by atoms with E-state index >= 15 is 0 Å². The lowest BCUT2D eigenvalue weighted by atomic mass is 9.98. The molecule has 0 bridgehead atoms. The van der Waals surface area contributed by atoms with E-state index in [1.54, 1.807) is 0 Å². The summed E-state index contributed by atoms with van der Waals surface area (Å²) in [6, 6.07) is 0. The lowest BCUT2D eigenvalue weighted by Gasteiger charge is -2.34. The minimum Gasteiger partial charge on any atom is -0.317 e. The monoisotopic (exact) mass is 317 g/mol. The van der Waals surface area contributed by atoms with Crippen molar-refractivity contribution >= 4 is 10.2 Å². The Morgan fingerprint density at radius 1 is 1.30 bits per heavy atom. The van der Waals surface area contributed by atoms with Crippen LogP contribution in [-0.2, 0) is 10.2 Å². The van der Waals surface area contributed by atoms with Gasteiger partial charge in [-0.15, -0.1) is 0 Å². The summed E-state index contributed by atoms with van der Waals surface area (Å²) < 4.78 is 62.4. The van der Waals surface area contributed by atoms with Crippen molar-refractivity contribution in [3.05, 3.63) is 0 Å². The van der Waals surface area contributed by atoms with E-state index in [9.17, 15) is 21.6 Å². The van der Waals surface area contributed by atoms with Crippen LogP contribution in [0.25, 0.3) is 0 Å². The van der Waals surface area contributed by atoms with Gasteiger partial charge in [0.05, 0.1) is 0 Å². The SMILES string of the molecule is CCNCC1CCN(S(=O)(=O)N(C)CC(F)(F)F)CC1. The van der Waals surface area contributed by atoms with E-state index in [0.717, 1.165) is 24.4 Å². The molecule has 0 amide bonds. The van der Waals surface area contributed by atoms with Crippen LogP contribution in [0, 0.1) is 5.92 Å². The summed E-state index contributed by atoms with van der Waals surface area (Å²) in [4.78, 5) is 0. The van der Waals surface area contributed by atoms with Gasteiger partial charge in [-0.05, 0) is 31.8 Å². The van der Waals surface area contributed by atoms with E-state index < -0.39 is 22.9 Å². The van der Waals surface area contributed by atoms with Gasteiger partial charge in [0, 0.05) is 20.1 Å². The Bertz CT molecular complexity index is 392. The number of rotatable bonds is 6. The second-order valence-corrected chi connectivity index (χ2v) is 7.06. The summed E-state index contributed by atoms with van der Waals surface area (Å²) in [5.41, 5.74) is 0. The fourth-order valence-electron chi connectivity index (χ4n) is 2.22. The van der Waals surface area contributed by atoms with Crippen LogP contribution in [0.4, 0.5) is 13.2 Å². The molecule has 1 aliphatic heterocycles. The first kappa shape index (κ1) is 17.7. The molecule has 0 aliphatic carbocycles. The van der Waals surface area contributed by atoms with Gasteiger partial charge in [-0.3, -0.25) is 0 Å². The van der Waals surface area contributed by atoms with Gasteiger partial charge in [-0.1, -0.05) is 6.92 Å². The van der Waals surface area contributed by atoms with Gasteiger partial charge in [-0.25, -0.2) is 0 Å². The van der Waals surface area contributed by atoms with Crippen molar-refractivity contribution in [3.63, 3.8) is 0 Å². The number of piperidine rings is 1. The molecule has 1 N–H and O–H groups in total. The van der Waals surface area contributed by atoms with Gasteiger partial charge in [0.15, 0.2) is 0 Å². The van der Waals surface area contributed by atoms with Gasteiger partial charge >= 0.3 is 6.18 Å².